The van der Waals surface area contributed by atoms with Crippen LogP contribution in [0.4, 0.5) is 0 Å². The quantitative estimate of drug-likeness (QED) is 0.174. The molecule has 290 valence electrons. The van der Waals surface area contributed by atoms with E-state index in [2.05, 4.69) is 173 Å². The van der Waals surface area contributed by atoms with Crippen LogP contribution in [0, 0.1) is 0 Å². The molecule has 0 fully saturated rings. The van der Waals surface area contributed by atoms with Crippen molar-refractivity contribution in [2.24, 2.45) is 0 Å². The number of furan rings is 1. The van der Waals surface area contributed by atoms with Crippen LogP contribution in [0.1, 0.15) is 0 Å². The molecule has 13 rings (SSSR count). The monoisotopic (exact) mass is 793 g/mol. The first-order valence-corrected chi connectivity index (χ1v) is 21.0. The van der Waals surface area contributed by atoms with Gasteiger partial charge in [-0.1, -0.05) is 140 Å². The van der Waals surface area contributed by atoms with Crippen molar-refractivity contribution < 1.29 is 4.42 Å². The molecule has 0 radical (unpaired) electrons. The maximum Gasteiger partial charge on any atom is 0.265 e. The third kappa shape index (κ3) is 4.99. The topological polar surface area (TPSA) is 45.0 Å². The van der Waals surface area contributed by atoms with Crippen LogP contribution in [0.3, 0.4) is 0 Å². The Morgan fingerprint density at radius 1 is 0.339 bits per heavy atom. The molecule has 0 N–H and O–H groups in total. The lowest BCUT2D eigenvalue weighted by Crippen LogP contribution is -2.19. The lowest BCUT2D eigenvalue weighted by molar-refractivity contribution is 0.670. The first-order chi connectivity index (χ1) is 30.7. The van der Waals surface area contributed by atoms with E-state index in [1.807, 2.05) is 53.1 Å². The molecule has 0 saturated carbocycles. The van der Waals surface area contributed by atoms with Crippen molar-refractivity contribution >= 4 is 76.5 Å². The number of hydrogen-bond acceptors (Lipinski definition) is 2. The van der Waals surface area contributed by atoms with Gasteiger partial charge in [-0.05, 0) is 89.5 Å². The van der Waals surface area contributed by atoms with Gasteiger partial charge < -0.3 is 13.6 Å². The van der Waals surface area contributed by atoms with Gasteiger partial charge in [0.05, 0.1) is 33.0 Å². The largest absolute Gasteiger partial charge is 0.455 e. The molecule has 4 aromatic heterocycles. The van der Waals surface area contributed by atoms with E-state index in [4.69, 9.17) is 4.42 Å². The lowest BCUT2D eigenvalue weighted by Gasteiger charge is -2.14. The Morgan fingerprint density at radius 3 is 1.68 bits per heavy atom. The summed E-state index contributed by atoms with van der Waals surface area (Å²) in [6, 6.07) is 74.0. The first kappa shape index (κ1) is 34.5. The fourth-order valence-electron chi connectivity index (χ4n) is 9.90. The molecule has 0 saturated heterocycles. The van der Waals surface area contributed by atoms with E-state index in [0.717, 1.165) is 94.1 Å². The van der Waals surface area contributed by atoms with Crippen LogP contribution < -0.4 is 5.56 Å². The summed E-state index contributed by atoms with van der Waals surface area (Å²) in [6.07, 6.45) is 0. The van der Waals surface area contributed by atoms with E-state index < -0.39 is 0 Å². The Hall–Kier alpha value is -8.41. The van der Waals surface area contributed by atoms with Crippen molar-refractivity contribution in [1.82, 2.24) is 13.7 Å². The highest BCUT2D eigenvalue weighted by atomic mass is 16.3. The van der Waals surface area contributed by atoms with Gasteiger partial charge in [-0.3, -0.25) is 9.36 Å². The van der Waals surface area contributed by atoms with Crippen LogP contribution in [0.15, 0.2) is 222 Å². The molecule has 0 unspecified atom stereocenters. The van der Waals surface area contributed by atoms with Crippen molar-refractivity contribution in [3.05, 3.63) is 223 Å². The fraction of sp³-hybridized carbons (Fsp3) is 0. The average molecular weight is 794 g/mol. The van der Waals surface area contributed by atoms with Crippen molar-refractivity contribution in [3.63, 3.8) is 0 Å². The second-order valence-corrected chi connectivity index (χ2v) is 16.0. The number of aromatic nitrogens is 3. The molecule has 0 bridgehead atoms. The van der Waals surface area contributed by atoms with E-state index in [1.165, 1.54) is 16.3 Å². The second kappa shape index (κ2) is 13.3. The number of nitrogens with zero attached hydrogens (tertiary/aromatic N) is 3. The number of pyridine rings is 1. The first-order valence-electron chi connectivity index (χ1n) is 21.0. The molecule has 5 nitrogen and oxygen atoms in total. The van der Waals surface area contributed by atoms with Crippen LogP contribution in [-0.2, 0) is 0 Å². The number of para-hydroxylation sites is 6. The minimum absolute atomic E-state index is 0.0512. The molecule has 0 aliphatic heterocycles. The van der Waals surface area contributed by atoms with Gasteiger partial charge in [0, 0.05) is 54.9 Å². The van der Waals surface area contributed by atoms with Gasteiger partial charge in [-0.15, -0.1) is 0 Å². The van der Waals surface area contributed by atoms with Gasteiger partial charge in [-0.25, -0.2) is 0 Å². The fourth-order valence-corrected chi connectivity index (χ4v) is 9.90. The summed E-state index contributed by atoms with van der Waals surface area (Å²) in [5.74, 6) is 0. The summed E-state index contributed by atoms with van der Waals surface area (Å²) in [5, 5.41) is 7.19. The zero-order valence-electron chi connectivity index (χ0n) is 33.4. The Balaban J connectivity index is 1.06. The second-order valence-electron chi connectivity index (χ2n) is 16.0. The van der Waals surface area contributed by atoms with Gasteiger partial charge in [-0.2, -0.15) is 0 Å². The van der Waals surface area contributed by atoms with Crippen LogP contribution in [0.5, 0.6) is 0 Å². The molecule has 0 spiro atoms. The Bertz CT molecular complexity index is 3980. The zero-order valence-corrected chi connectivity index (χ0v) is 33.4. The van der Waals surface area contributed by atoms with Crippen LogP contribution in [-0.4, -0.2) is 13.7 Å². The standard InChI is InChI=1S/C57H35N3O2/c61-57-54-46-32-28-38(37-29-33-51-48(34-37)43-18-7-10-23-49(43)58(51)39-14-3-1-4-15-39)35-52(46)59(55(54)47-20-8-11-24-50(47)60(57)40-16-5-2-6-17-40)41-30-26-36(27-31-41)42-21-13-22-45-44-19-9-12-25-53(44)62-56(42)45/h1-35H. The average Bonchev–Trinajstić information content (AvgIpc) is 4.00. The highest BCUT2D eigenvalue weighted by Gasteiger charge is 2.23. The maximum atomic E-state index is 15.1. The minimum atomic E-state index is -0.0512. The Labute approximate surface area is 355 Å². The zero-order chi connectivity index (χ0) is 40.9. The van der Waals surface area contributed by atoms with Gasteiger partial charge in [0.15, 0.2) is 0 Å². The number of hydrogen-bond donors (Lipinski definition) is 0. The molecule has 9 aromatic carbocycles. The summed E-state index contributed by atoms with van der Waals surface area (Å²) in [5.41, 5.74) is 13.9. The molecule has 0 aliphatic carbocycles. The highest BCUT2D eigenvalue weighted by molar-refractivity contribution is 6.19. The summed E-state index contributed by atoms with van der Waals surface area (Å²) in [6.45, 7) is 0. The van der Waals surface area contributed by atoms with Crippen molar-refractivity contribution in [3.8, 4) is 39.3 Å². The highest BCUT2D eigenvalue weighted by Crippen LogP contribution is 2.41. The van der Waals surface area contributed by atoms with Crippen LogP contribution in [0.2, 0.25) is 0 Å². The molecule has 0 atom stereocenters. The molecular weight excluding hydrogens is 759 g/mol. The van der Waals surface area contributed by atoms with Gasteiger partial charge in [0.2, 0.25) is 0 Å². The van der Waals surface area contributed by atoms with E-state index in [-0.39, 0.29) is 5.56 Å². The molecule has 13 aromatic rings. The van der Waals surface area contributed by atoms with Gasteiger partial charge in [0.1, 0.15) is 11.2 Å². The van der Waals surface area contributed by atoms with Crippen molar-refractivity contribution in [2.45, 2.75) is 0 Å². The molecular formula is C57H35N3O2. The van der Waals surface area contributed by atoms with E-state index in [9.17, 15) is 0 Å². The summed E-state index contributed by atoms with van der Waals surface area (Å²) in [7, 11) is 0. The molecule has 5 heteroatoms. The summed E-state index contributed by atoms with van der Waals surface area (Å²) < 4.78 is 12.9. The summed E-state index contributed by atoms with van der Waals surface area (Å²) >= 11 is 0. The van der Waals surface area contributed by atoms with Crippen LogP contribution >= 0.6 is 0 Å². The Morgan fingerprint density at radius 2 is 0.903 bits per heavy atom. The number of rotatable bonds is 5. The van der Waals surface area contributed by atoms with Crippen molar-refractivity contribution in [2.75, 3.05) is 0 Å². The van der Waals surface area contributed by atoms with E-state index in [0.29, 0.717) is 5.39 Å². The van der Waals surface area contributed by atoms with E-state index in [1.54, 1.807) is 0 Å². The lowest BCUT2D eigenvalue weighted by atomic mass is 10.0. The predicted molar refractivity (Wildman–Crippen MR) is 256 cm³/mol. The SMILES string of the molecule is O=c1c2c3ccc(-c4ccc5c(c4)c4ccccc4n5-c4ccccc4)cc3n(-c3ccc(-c4cccc5c4oc4ccccc45)cc3)c2c2ccccc2n1-c1ccccc1. The van der Waals surface area contributed by atoms with Crippen LogP contribution in [0.25, 0.3) is 116 Å². The third-order valence-corrected chi connectivity index (χ3v) is 12.7. The normalized spacial score (nSPS) is 11.9. The molecule has 0 amide bonds. The Kier molecular flexibility index (Phi) is 7.39. The number of benzene rings is 9. The molecule has 62 heavy (non-hydrogen) atoms. The predicted octanol–water partition coefficient (Wildman–Crippen LogP) is 14.4. The summed E-state index contributed by atoms with van der Waals surface area (Å²) in [4.78, 5) is 15.1. The van der Waals surface area contributed by atoms with Crippen molar-refractivity contribution in [1.29, 1.82) is 0 Å². The number of fused-ring (bicyclic) bond motifs is 11. The maximum absolute atomic E-state index is 15.1. The molecule has 4 heterocycles. The van der Waals surface area contributed by atoms with Gasteiger partial charge in [0.25, 0.3) is 5.56 Å². The van der Waals surface area contributed by atoms with Gasteiger partial charge >= 0.3 is 0 Å². The van der Waals surface area contributed by atoms with E-state index >= 15 is 4.79 Å². The smallest absolute Gasteiger partial charge is 0.265 e. The third-order valence-electron chi connectivity index (χ3n) is 12.7. The minimum Gasteiger partial charge on any atom is -0.455 e. The molecule has 0 aliphatic rings.